The molecule has 1 aliphatic rings. The monoisotopic (exact) mass is 690 g/mol. The van der Waals surface area contributed by atoms with Crippen LogP contribution in [-0.4, -0.2) is 30.9 Å². The molecule has 9 nitrogen and oxygen atoms in total. The molecular formula is C40H38N2O7S. The van der Waals surface area contributed by atoms with Crippen molar-refractivity contribution >= 4 is 29.1 Å². The van der Waals surface area contributed by atoms with E-state index in [0.717, 1.165) is 16.7 Å². The van der Waals surface area contributed by atoms with Gasteiger partial charge in [-0.2, -0.15) is 0 Å². The summed E-state index contributed by atoms with van der Waals surface area (Å²) in [6, 6.07) is 30.1. The fourth-order valence-corrected chi connectivity index (χ4v) is 6.70. The first-order valence-corrected chi connectivity index (χ1v) is 17.2. The highest BCUT2D eigenvalue weighted by Crippen LogP contribution is 2.37. The standard InChI is InChI=1S/C40H38N2O7S/c1-5-46-34-21-29(17-19-32(34)49-25-28-15-11-8-12-16-28)22-35-38(43)42-26(3)36(39(44)47-6-2)37(41-40(42)50-35)30-18-20-31(33(23-30)45-4)48-24-27-13-9-7-10-14-27/h7-23,37H,5-6,24-25H2,1-4H3/b35-22-/t37-/m0/s1. The van der Waals surface area contributed by atoms with Gasteiger partial charge in [-0.05, 0) is 73.4 Å². The van der Waals surface area contributed by atoms with Crippen molar-refractivity contribution in [2.24, 2.45) is 4.99 Å². The molecule has 1 atom stereocenters. The average molecular weight is 691 g/mol. The number of methoxy groups -OCH3 is 1. The third-order valence-corrected chi connectivity index (χ3v) is 9.07. The molecule has 10 heteroatoms. The van der Waals surface area contributed by atoms with Crippen molar-refractivity contribution in [3.63, 3.8) is 0 Å². The van der Waals surface area contributed by atoms with Crippen LogP contribution in [0.5, 0.6) is 23.0 Å². The first kappa shape index (κ1) is 34.3. The Bertz CT molecular complexity index is 2190. The van der Waals surface area contributed by atoms with Gasteiger partial charge in [0.05, 0.1) is 30.4 Å². The molecule has 1 aliphatic heterocycles. The molecule has 1 aromatic heterocycles. The largest absolute Gasteiger partial charge is 0.493 e. The second kappa shape index (κ2) is 15.7. The highest BCUT2D eigenvalue weighted by atomic mass is 32.1. The number of rotatable bonds is 13. The number of ether oxygens (including phenoxy) is 5. The number of aromatic nitrogens is 1. The van der Waals surface area contributed by atoms with E-state index >= 15 is 0 Å². The van der Waals surface area contributed by atoms with E-state index in [1.807, 2.05) is 104 Å². The summed E-state index contributed by atoms with van der Waals surface area (Å²) in [4.78, 5) is 32.7. The van der Waals surface area contributed by atoms with Crippen molar-refractivity contribution in [3.05, 3.63) is 145 Å². The minimum absolute atomic E-state index is 0.176. The predicted octanol–water partition coefficient (Wildman–Crippen LogP) is 6.47. The number of fused-ring (bicyclic) bond motifs is 1. The Morgan fingerprint density at radius 3 is 2.06 bits per heavy atom. The molecule has 6 rings (SSSR count). The first-order chi connectivity index (χ1) is 24.4. The number of hydrogen-bond donors (Lipinski definition) is 0. The van der Waals surface area contributed by atoms with Gasteiger partial charge < -0.3 is 23.7 Å². The number of thiazole rings is 1. The van der Waals surface area contributed by atoms with E-state index < -0.39 is 12.0 Å². The summed E-state index contributed by atoms with van der Waals surface area (Å²) < 4.78 is 31.1. The Kier molecular flexibility index (Phi) is 10.8. The molecule has 256 valence electrons. The van der Waals surface area contributed by atoms with Gasteiger partial charge in [0.1, 0.15) is 19.3 Å². The summed E-state index contributed by atoms with van der Waals surface area (Å²) >= 11 is 1.25. The molecule has 0 bridgehead atoms. The van der Waals surface area contributed by atoms with Crippen LogP contribution in [0.15, 0.2) is 112 Å². The van der Waals surface area contributed by atoms with E-state index in [4.69, 9.17) is 28.7 Å². The van der Waals surface area contributed by atoms with Gasteiger partial charge in [-0.25, -0.2) is 9.79 Å². The van der Waals surface area contributed by atoms with Crippen LogP contribution in [-0.2, 0) is 22.7 Å². The van der Waals surface area contributed by atoms with E-state index in [0.29, 0.717) is 63.4 Å². The van der Waals surface area contributed by atoms with Crippen molar-refractivity contribution in [1.29, 1.82) is 0 Å². The predicted molar refractivity (Wildman–Crippen MR) is 193 cm³/mol. The van der Waals surface area contributed by atoms with Gasteiger partial charge in [0.25, 0.3) is 5.56 Å². The molecule has 0 fully saturated rings. The molecule has 0 saturated carbocycles. The maximum Gasteiger partial charge on any atom is 0.338 e. The van der Waals surface area contributed by atoms with Crippen molar-refractivity contribution in [1.82, 2.24) is 4.57 Å². The summed E-state index contributed by atoms with van der Waals surface area (Å²) in [6.45, 7) is 6.79. The Balaban J connectivity index is 1.36. The number of benzene rings is 4. The van der Waals surface area contributed by atoms with Crippen molar-refractivity contribution in [2.45, 2.75) is 40.0 Å². The Morgan fingerprint density at radius 1 is 0.800 bits per heavy atom. The maximum absolute atomic E-state index is 13.9. The molecule has 0 radical (unpaired) electrons. The number of carbonyl (C=O) groups is 1. The van der Waals surface area contributed by atoms with Crippen LogP contribution in [0.4, 0.5) is 0 Å². The average Bonchev–Trinajstić information content (AvgIpc) is 3.45. The van der Waals surface area contributed by atoms with Gasteiger partial charge in [-0.3, -0.25) is 9.36 Å². The molecule has 5 aromatic rings. The van der Waals surface area contributed by atoms with Gasteiger partial charge >= 0.3 is 5.97 Å². The SMILES string of the molecule is CCOC(=O)C1=C(C)n2c(s/c(=C\c3ccc(OCc4ccccc4)c(OCC)c3)c2=O)=N[C@H]1c1ccc(OCc2ccccc2)c(OC)c1. The molecule has 0 spiro atoms. The van der Waals surface area contributed by atoms with Crippen LogP contribution < -0.4 is 33.8 Å². The fraction of sp³-hybridized carbons (Fsp3) is 0.225. The number of carbonyl (C=O) groups excluding carboxylic acids is 1. The summed E-state index contributed by atoms with van der Waals surface area (Å²) in [7, 11) is 1.57. The Morgan fingerprint density at radius 2 is 1.44 bits per heavy atom. The van der Waals surface area contributed by atoms with Gasteiger partial charge in [0.2, 0.25) is 0 Å². The van der Waals surface area contributed by atoms with Crippen LogP contribution in [0.3, 0.4) is 0 Å². The van der Waals surface area contributed by atoms with Gasteiger partial charge in [-0.1, -0.05) is 84.1 Å². The molecule has 0 N–H and O–H groups in total. The van der Waals surface area contributed by atoms with E-state index in [1.54, 1.807) is 27.0 Å². The quantitative estimate of drug-likeness (QED) is 0.131. The van der Waals surface area contributed by atoms with Crippen LogP contribution in [0, 0.1) is 0 Å². The smallest absolute Gasteiger partial charge is 0.338 e. The Labute approximate surface area is 294 Å². The van der Waals surface area contributed by atoms with Crippen LogP contribution >= 0.6 is 11.3 Å². The third kappa shape index (κ3) is 7.50. The molecule has 2 heterocycles. The molecule has 0 aliphatic carbocycles. The fourth-order valence-electron chi connectivity index (χ4n) is 5.66. The van der Waals surface area contributed by atoms with E-state index in [2.05, 4.69) is 0 Å². The summed E-state index contributed by atoms with van der Waals surface area (Å²) in [5.74, 6) is 1.71. The van der Waals surface area contributed by atoms with Crippen molar-refractivity contribution < 1.29 is 28.5 Å². The van der Waals surface area contributed by atoms with Gasteiger partial charge in [-0.15, -0.1) is 0 Å². The van der Waals surface area contributed by atoms with Crippen LogP contribution in [0.1, 0.15) is 49.1 Å². The van der Waals surface area contributed by atoms with Gasteiger partial charge in [0.15, 0.2) is 27.8 Å². The lowest BCUT2D eigenvalue weighted by Crippen LogP contribution is -2.35. The number of nitrogens with zero attached hydrogens (tertiary/aromatic N) is 2. The minimum Gasteiger partial charge on any atom is -0.493 e. The normalized spacial score (nSPS) is 14.1. The highest BCUT2D eigenvalue weighted by Gasteiger charge is 2.32. The molecule has 0 amide bonds. The zero-order chi connectivity index (χ0) is 35.0. The van der Waals surface area contributed by atoms with E-state index in [1.165, 1.54) is 15.9 Å². The van der Waals surface area contributed by atoms with E-state index in [9.17, 15) is 9.59 Å². The zero-order valence-corrected chi connectivity index (χ0v) is 29.2. The lowest BCUT2D eigenvalue weighted by Gasteiger charge is -2.23. The molecule has 0 unspecified atom stereocenters. The van der Waals surface area contributed by atoms with Gasteiger partial charge in [0, 0.05) is 5.70 Å². The highest BCUT2D eigenvalue weighted by molar-refractivity contribution is 7.07. The first-order valence-electron chi connectivity index (χ1n) is 16.4. The maximum atomic E-state index is 13.9. The minimum atomic E-state index is -0.734. The topological polar surface area (TPSA) is 97.6 Å². The van der Waals surface area contributed by atoms with Crippen molar-refractivity contribution in [3.8, 4) is 23.0 Å². The zero-order valence-electron chi connectivity index (χ0n) is 28.4. The third-order valence-electron chi connectivity index (χ3n) is 8.08. The number of allylic oxidation sites excluding steroid dienone is 1. The second-order valence-electron chi connectivity index (χ2n) is 11.4. The van der Waals surface area contributed by atoms with Crippen LogP contribution in [0.2, 0.25) is 0 Å². The molecule has 0 saturated heterocycles. The van der Waals surface area contributed by atoms with Crippen LogP contribution in [0.25, 0.3) is 11.8 Å². The molecule has 4 aromatic carbocycles. The van der Waals surface area contributed by atoms with E-state index in [-0.39, 0.29) is 17.7 Å². The number of hydrogen-bond acceptors (Lipinski definition) is 9. The Hall–Kier alpha value is -5.61. The summed E-state index contributed by atoms with van der Waals surface area (Å²) in [5.41, 5.74) is 3.98. The lowest BCUT2D eigenvalue weighted by atomic mass is 9.96. The van der Waals surface area contributed by atoms with Crippen molar-refractivity contribution in [2.75, 3.05) is 20.3 Å². The molecule has 50 heavy (non-hydrogen) atoms. The summed E-state index contributed by atoms with van der Waals surface area (Å²) in [6.07, 6.45) is 1.80. The summed E-state index contributed by atoms with van der Waals surface area (Å²) in [5, 5.41) is 0. The lowest BCUT2D eigenvalue weighted by molar-refractivity contribution is -0.138. The second-order valence-corrected chi connectivity index (χ2v) is 12.4. The molecular weight excluding hydrogens is 653 g/mol. The number of esters is 1.